The first kappa shape index (κ1) is 21.1. The highest BCUT2D eigenvalue weighted by atomic mass is 16.5. The average molecular weight is 453 g/mol. The molecule has 0 spiro atoms. The van der Waals surface area contributed by atoms with Crippen molar-refractivity contribution in [1.82, 2.24) is 9.78 Å². The van der Waals surface area contributed by atoms with Crippen molar-refractivity contribution >= 4 is 23.3 Å². The number of Topliss-reactive ketones (excluding diaryl/α,β-unsaturated/α-hetero) is 1. The van der Waals surface area contributed by atoms with E-state index in [1.807, 2.05) is 60.7 Å². The van der Waals surface area contributed by atoms with Crippen LogP contribution in [-0.2, 0) is 9.53 Å². The Bertz CT molecular complexity index is 1380. The van der Waals surface area contributed by atoms with Crippen molar-refractivity contribution in [2.75, 3.05) is 18.5 Å². The van der Waals surface area contributed by atoms with Crippen molar-refractivity contribution in [1.29, 1.82) is 0 Å². The lowest BCUT2D eigenvalue weighted by Crippen LogP contribution is -2.25. The first-order valence-corrected chi connectivity index (χ1v) is 10.6. The van der Waals surface area contributed by atoms with E-state index < -0.39 is 18.4 Å². The Morgan fingerprint density at radius 1 is 1.00 bits per heavy atom. The quantitative estimate of drug-likeness (QED) is 0.351. The van der Waals surface area contributed by atoms with Crippen LogP contribution in [0.2, 0.25) is 0 Å². The normalized spacial score (nSPS) is 12.3. The summed E-state index contributed by atoms with van der Waals surface area (Å²) in [7, 11) is 0. The molecule has 34 heavy (non-hydrogen) atoms. The van der Waals surface area contributed by atoms with E-state index in [2.05, 4.69) is 10.4 Å². The molecule has 3 aromatic carbocycles. The molecule has 8 heteroatoms. The summed E-state index contributed by atoms with van der Waals surface area (Å²) in [6, 6.07) is 23.3. The summed E-state index contributed by atoms with van der Waals surface area (Å²) in [5, 5.41) is 7.24. The molecular formula is C26H19N3O5. The summed E-state index contributed by atoms with van der Waals surface area (Å²) in [6.07, 6.45) is 1.59. The zero-order valence-electron chi connectivity index (χ0n) is 17.9. The second-order valence-corrected chi connectivity index (χ2v) is 7.58. The van der Waals surface area contributed by atoms with Crippen molar-refractivity contribution in [3.8, 4) is 22.7 Å². The van der Waals surface area contributed by atoms with Crippen LogP contribution < -0.4 is 10.1 Å². The van der Waals surface area contributed by atoms with E-state index in [1.54, 1.807) is 23.0 Å². The second kappa shape index (κ2) is 9.03. The summed E-state index contributed by atoms with van der Waals surface area (Å²) in [4.78, 5) is 37.2. The van der Waals surface area contributed by atoms with Crippen LogP contribution in [0.15, 0.2) is 85.1 Å². The molecule has 1 N–H and O–H groups in total. The van der Waals surface area contributed by atoms with Gasteiger partial charge in [-0.25, -0.2) is 9.48 Å². The number of nitrogens with zero attached hydrogens (tertiary/aromatic N) is 2. The molecule has 0 atom stereocenters. The molecule has 0 unspecified atom stereocenters. The van der Waals surface area contributed by atoms with E-state index in [0.717, 1.165) is 11.3 Å². The summed E-state index contributed by atoms with van der Waals surface area (Å²) in [5.74, 6) is -0.891. The smallest absolute Gasteiger partial charge is 0.342 e. The fourth-order valence-corrected chi connectivity index (χ4v) is 3.59. The van der Waals surface area contributed by atoms with Gasteiger partial charge in [-0.15, -0.1) is 0 Å². The molecule has 1 aromatic heterocycles. The van der Waals surface area contributed by atoms with Crippen molar-refractivity contribution in [3.05, 3.63) is 96.2 Å². The van der Waals surface area contributed by atoms with Gasteiger partial charge >= 0.3 is 5.97 Å². The van der Waals surface area contributed by atoms with Crippen molar-refractivity contribution < 1.29 is 23.9 Å². The second-order valence-electron chi connectivity index (χ2n) is 7.58. The number of ketones is 1. The maximum absolute atomic E-state index is 13.0. The Labute approximate surface area is 194 Å². The van der Waals surface area contributed by atoms with Gasteiger partial charge in [0, 0.05) is 17.3 Å². The SMILES string of the molecule is O=C1COc2ccc(C(=O)COC(=O)c3cn(-c4ccccc4)nc3-c3ccccc3)cc2N1. The van der Waals surface area contributed by atoms with E-state index in [4.69, 9.17) is 9.47 Å². The number of fused-ring (bicyclic) bond motifs is 1. The summed E-state index contributed by atoms with van der Waals surface area (Å²) >= 11 is 0. The van der Waals surface area contributed by atoms with E-state index in [-0.39, 0.29) is 18.1 Å². The summed E-state index contributed by atoms with van der Waals surface area (Å²) in [6.45, 7) is -0.532. The average Bonchev–Trinajstić information content (AvgIpc) is 3.33. The van der Waals surface area contributed by atoms with Crippen LogP contribution in [0.25, 0.3) is 16.9 Å². The molecule has 8 nitrogen and oxygen atoms in total. The number of hydrogen-bond donors (Lipinski definition) is 1. The van der Waals surface area contributed by atoms with Crippen molar-refractivity contribution in [2.24, 2.45) is 0 Å². The molecule has 0 bridgehead atoms. The molecule has 0 saturated heterocycles. The first-order chi connectivity index (χ1) is 16.6. The molecule has 0 aliphatic carbocycles. The molecule has 1 aliphatic rings. The molecule has 0 saturated carbocycles. The van der Waals surface area contributed by atoms with Gasteiger partial charge in [-0.1, -0.05) is 48.5 Å². The van der Waals surface area contributed by atoms with E-state index in [1.165, 1.54) is 6.07 Å². The van der Waals surface area contributed by atoms with Crippen molar-refractivity contribution in [3.63, 3.8) is 0 Å². The van der Waals surface area contributed by atoms with Crippen molar-refractivity contribution in [2.45, 2.75) is 0 Å². The summed E-state index contributed by atoms with van der Waals surface area (Å²) in [5.41, 5.74) is 2.93. The molecular weight excluding hydrogens is 434 g/mol. The van der Waals surface area contributed by atoms with Gasteiger partial charge in [0.15, 0.2) is 19.0 Å². The topological polar surface area (TPSA) is 99.5 Å². The number of ether oxygens (including phenoxy) is 2. The van der Waals surface area contributed by atoms with E-state index in [0.29, 0.717) is 22.7 Å². The van der Waals surface area contributed by atoms with Gasteiger partial charge in [-0.2, -0.15) is 5.10 Å². The molecule has 1 aliphatic heterocycles. The Kier molecular flexibility index (Phi) is 5.61. The number of hydrogen-bond acceptors (Lipinski definition) is 6. The lowest BCUT2D eigenvalue weighted by atomic mass is 10.1. The van der Waals surface area contributed by atoms with Gasteiger partial charge in [0.25, 0.3) is 5.91 Å². The number of anilines is 1. The number of amides is 1. The fourth-order valence-electron chi connectivity index (χ4n) is 3.59. The third kappa shape index (κ3) is 4.29. The Morgan fingerprint density at radius 3 is 2.50 bits per heavy atom. The number of benzene rings is 3. The third-order valence-electron chi connectivity index (χ3n) is 5.27. The Balaban J connectivity index is 1.37. The van der Waals surface area contributed by atoms with Gasteiger partial charge in [0.05, 0.1) is 11.4 Å². The zero-order chi connectivity index (χ0) is 23.5. The minimum atomic E-state index is -0.663. The number of carbonyl (C=O) groups is 3. The van der Waals surface area contributed by atoms with Crippen LogP contribution in [0, 0.1) is 0 Å². The number of carbonyl (C=O) groups excluding carboxylic acids is 3. The zero-order valence-corrected chi connectivity index (χ0v) is 17.9. The number of esters is 1. The van der Waals surface area contributed by atoms with Gasteiger partial charge in [-0.3, -0.25) is 9.59 Å². The van der Waals surface area contributed by atoms with Crippen LogP contribution in [0.3, 0.4) is 0 Å². The number of aromatic nitrogens is 2. The minimum absolute atomic E-state index is 0.0711. The monoisotopic (exact) mass is 453 g/mol. The van der Waals surface area contributed by atoms with Gasteiger partial charge in [-0.05, 0) is 30.3 Å². The molecule has 4 aromatic rings. The lowest BCUT2D eigenvalue weighted by Gasteiger charge is -2.18. The predicted octanol–water partition coefficient (Wildman–Crippen LogP) is 3.91. The molecule has 0 radical (unpaired) electrons. The maximum atomic E-state index is 13.0. The Morgan fingerprint density at radius 2 is 1.74 bits per heavy atom. The fraction of sp³-hybridized carbons (Fsp3) is 0.0769. The largest absolute Gasteiger partial charge is 0.482 e. The number of nitrogens with one attached hydrogen (secondary N) is 1. The number of para-hydroxylation sites is 1. The van der Waals surface area contributed by atoms with Crippen LogP contribution in [0.1, 0.15) is 20.7 Å². The predicted molar refractivity (Wildman–Crippen MR) is 124 cm³/mol. The highest BCUT2D eigenvalue weighted by Crippen LogP contribution is 2.29. The Hall–Kier alpha value is -4.72. The first-order valence-electron chi connectivity index (χ1n) is 10.6. The van der Waals surface area contributed by atoms with E-state index >= 15 is 0 Å². The molecule has 168 valence electrons. The van der Waals surface area contributed by atoms with E-state index in [9.17, 15) is 14.4 Å². The van der Waals surface area contributed by atoms with Gasteiger partial charge < -0.3 is 14.8 Å². The van der Waals surface area contributed by atoms with Crippen LogP contribution in [0.4, 0.5) is 5.69 Å². The van der Waals surface area contributed by atoms with Gasteiger partial charge in [0.2, 0.25) is 0 Å². The summed E-state index contributed by atoms with van der Waals surface area (Å²) < 4.78 is 12.3. The highest BCUT2D eigenvalue weighted by Gasteiger charge is 2.22. The highest BCUT2D eigenvalue weighted by molar-refractivity contribution is 6.03. The van der Waals surface area contributed by atoms with Crippen LogP contribution in [-0.4, -0.2) is 40.7 Å². The molecule has 1 amide bonds. The van der Waals surface area contributed by atoms with Crippen LogP contribution >= 0.6 is 0 Å². The molecule has 0 fully saturated rings. The lowest BCUT2D eigenvalue weighted by molar-refractivity contribution is -0.118. The maximum Gasteiger partial charge on any atom is 0.342 e. The molecule has 2 heterocycles. The standard InChI is InChI=1S/C26H19N3O5/c30-22(18-11-12-23-21(13-18)27-24(31)16-33-23)15-34-26(32)20-14-29(19-9-5-2-6-10-19)28-25(20)17-7-3-1-4-8-17/h1-14H,15-16H2,(H,27,31). The van der Waals surface area contributed by atoms with Gasteiger partial charge in [0.1, 0.15) is 17.0 Å². The number of rotatable bonds is 6. The molecule has 5 rings (SSSR count). The van der Waals surface area contributed by atoms with Crippen LogP contribution in [0.5, 0.6) is 5.75 Å². The minimum Gasteiger partial charge on any atom is -0.482 e. The third-order valence-corrected chi connectivity index (χ3v) is 5.27.